The molecule has 0 aromatic carbocycles. The summed E-state index contributed by atoms with van der Waals surface area (Å²) in [4.78, 5) is 120. The highest BCUT2D eigenvalue weighted by Crippen LogP contribution is 2.14. The average Bonchev–Trinajstić information content (AvgIpc) is 3.18. The zero-order chi connectivity index (χ0) is 49.6. The van der Waals surface area contributed by atoms with Crippen LogP contribution in [-0.4, -0.2) is 115 Å². The van der Waals surface area contributed by atoms with E-state index in [0.717, 1.165) is 0 Å². The Morgan fingerprint density at radius 2 is 0.578 bits per heavy atom. The third-order valence-corrected chi connectivity index (χ3v) is 10.7. The Labute approximate surface area is 380 Å². The molecule has 8 atom stereocenters. The molecule has 0 heterocycles. The standard InChI is InChI=1S/C44H83N11O9/c1-22(2)31(48-28(13)56)40(60)52-33(24(5)6)42(62)54-35(26(9)10)44(64)55-36(27(11)12)43(63)53-34(25(7)8)41(61)51-32(23(3)4)39(59)50-30(19-15-17-21-46)38(58)49-29(37(47)57)18-14-16-20-45/h22-27,29-36H,14-21,45-46H2,1-13H3,(H2,47,57)(H,48,56)(H,49,58)(H,50,59)(H,51,61)(H,52,60)(H,53,63)(H,54,62)(H,55,64)/t29-,30-,31-,32-,33-,34-,35-,36-/m0/s1. The number of hydrogen-bond acceptors (Lipinski definition) is 11. The molecule has 0 aliphatic heterocycles. The van der Waals surface area contributed by atoms with Crippen LogP contribution < -0.4 is 59.7 Å². The van der Waals surface area contributed by atoms with E-state index < -0.39 is 131 Å². The van der Waals surface area contributed by atoms with E-state index in [4.69, 9.17) is 17.2 Å². The quantitative estimate of drug-likeness (QED) is 0.0411. The maximum absolute atomic E-state index is 13.9. The van der Waals surface area contributed by atoms with Crippen LogP contribution >= 0.6 is 0 Å². The van der Waals surface area contributed by atoms with Gasteiger partial charge in [0.1, 0.15) is 48.3 Å². The van der Waals surface area contributed by atoms with Crippen molar-refractivity contribution in [2.75, 3.05) is 13.1 Å². The van der Waals surface area contributed by atoms with Crippen molar-refractivity contribution in [3.8, 4) is 0 Å². The SMILES string of the molecule is CC(=O)N[C@H](C(=O)N[C@H](C(=O)N[C@H](C(=O)N[C@H](C(=O)N[C@H](C(=O)N[C@H](C(=O)N[C@@H](CCCCN)C(=O)N[C@@H](CCCCN)C(N)=O)C(C)C)C(C)C)C(C)C)C(C)C)C(C)C)C(C)C. The monoisotopic (exact) mass is 910 g/mol. The number of hydrogen-bond donors (Lipinski definition) is 11. The number of amides is 9. The number of carbonyl (C=O) groups excluding carboxylic acids is 9. The molecule has 0 saturated heterocycles. The Hall–Kier alpha value is -4.85. The van der Waals surface area contributed by atoms with Crippen molar-refractivity contribution in [2.45, 2.75) is 177 Å². The summed E-state index contributed by atoms with van der Waals surface area (Å²) in [5.41, 5.74) is 16.8. The third-order valence-electron chi connectivity index (χ3n) is 10.7. The van der Waals surface area contributed by atoms with Crippen LogP contribution in [0.15, 0.2) is 0 Å². The molecule has 368 valence electrons. The van der Waals surface area contributed by atoms with Crippen LogP contribution in [0.5, 0.6) is 0 Å². The molecular formula is C44H83N11O9. The van der Waals surface area contributed by atoms with Crippen LogP contribution in [-0.2, 0) is 43.2 Å². The molecule has 20 nitrogen and oxygen atoms in total. The summed E-state index contributed by atoms with van der Waals surface area (Å²) in [7, 11) is 0. The first-order chi connectivity index (χ1) is 29.7. The molecule has 0 unspecified atom stereocenters. The maximum atomic E-state index is 13.9. The number of carbonyl (C=O) groups is 9. The Balaban J connectivity index is 6.25. The van der Waals surface area contributed by atoms with Gasteiger partial charge in [-0.1, -0.05) is 83.1 Å². The first-order valence-electron chi connectivity index (χ1n) is 22.8. The minimum absolute atomic E-state index is 0.198. The molecule has 14 N–H and O–H groups in total. The fourth-order valence-corrected chi connectivity index (χ4v) is 6.72. The molecule has 20 heteroatoms. The molecule has 0 aromatic heterocycles. The number of primary amides is 1. The van der Waals surface area contributed by atoms with Gasteiger partial charge in [0.05, 0.1) is 0 Å². The molecular weight excluding hydrogens is 827 g/mol. The molecule has 0 aliphatic carbocycles. The molecule has 9 amide bonds. The first kappa shape index (κ1) is 59.1. The van der Waals surface area contributed by atoms with Crippen molar-refractivity contribution in [1.82, 2.24) is 42.5 Å². The lowest BCUT2D eigenvalue weighted by Gasteiger charge is -2.32. The molecule has 0 spiro atoms. The van der Waals surface area contributed by atoms with Gasteiger partial charge in [-0.2, -0.15) is 0 Å². The van der Waals surface area contributed by atoms with Crippen LogP contribution in [0, 0.1) is 35.5 Å². The second kappa shape index (κ2) is 29.6. The van der Waals surface area contributed by atoms with E-state index in [1.807, 2.05) is 0 Å². The predicted octanol–water partition coefficient (Wildman–Crippen LogP) is -0.436. The Morgan fingerprint density at radius 3 is 0.812 bits per heavy atom. The molecule has 0 saturated carbocycles. The smallest absolute Gasteiger partial charge is 0.243 e. The van der Waals surface area contributed by atoms with Crippen molar-refractivity contribution in [1.29, 1.82) is 0 Å². The van der Waals surface area contributed by atoms with Gasteiger partial charge in [-0.3, -0.25) is 43.2 Å². The second-order valence-corrected chi connectivity index (χ2v) is 18.7. The molecule has 0 rings (SSSR count). The van der Waals surface area contributed by atoms with Gasteiger partial charge in [0, 0.05) is 6.92 Å². The number of nitrogens with two attached hydrogens (primary N) is 3. The van der Waals surface area contributed by atoms with Crippen LogP contribution in [0.25, 0.3) is 0 Å². The van der Waals surface area contributed by atoms with Gasteiger partial charge in [0.2, 0.25) is 53.2 Å². The van der Waals surface area contributed by atoms with Crippen molar-refractivity contribution in [3.63, 3.8) is 0 Å². The lowest BCUT2D eigenvalue weighted by atomic mass is 9.96. The highest BCUT2D eigenvalue weighted by atomic mass is 16.2. The third kappa shape index (κ3) is 20.8. The van der Waals surface area contributed by atoms with E-state index in [0.29, 0.717) is 38.8 Å². The summed E-state index contributed by atoms with van der Waals surface area (Å²) in [6.07, 6.45) is 2.70. The minimum Gasteiger partial charge on any atom is -0.368 e. The topological polar surface area (TPSA) is 328 Å². The van der Waals surface area contributed by atoms with Gasteiger partial charge in [-0.25, -0.2) is 0 Å². The predicted molar refractivity (Wildman–Crippen MR) is 245 cm³/mol. The lowest BCUT2D eigenvalue weighted by molar-refractivity contribution is -0.137. The summed E-state index contributed by atoms with van der Waals surface area (Å²) in [5.74, 6) is -8.24. The van der Waals surface area contributed by atoms with Gasteiger partial charge in [-0.15, -0.1) is 0 Å². The van der Waals surface area contributed by atoms with Gasteiger partial charge in [0.25, 0.3) is 0 Å². The van der Waals surface area contributed by atoms with Gasteiger partial charge < -0.3 is 59.7 Å². The van der Waals surface area contributed by atoms with Gasteiger partial charge in [-0.05, 0) is 87.1 Å². The normalized spacial score (nSPS) is 15.3. The van der Waals surface area contributed by atoms with E-state index in [9.17, 15) is 43.2 Å². The highest BCUT2D eigenvalue weighted by molar-refractivity contribution is 5.98. The highest BCUT2D eigenvalue weighted by Gasteiger charge is 2.38. The molecule has 0 aliphatic rings. The van der Waals surface area contributed by atoms with Crippen LogP contribution in [0.3, 0.4) is 0 Å². The van der Waals surface area contributed by atoms with E-state index in [1.165, 1.54) is 6.92 Å². The Bertz CT molecular complexity index is 1550. The maximum Gasteiger partial charge on any atom is 0.243 e. The fourth-order valence-electron chi connectivity index (χ4n) is 6.72. The van der Waals surface area contributed by atoms with Crippen molar-refractivity contribution in [3.05, 3.63) is 0 Å². The van der Waals surface area contributed by atoms with Gasteiger partial charge >= 0.3 is 0 Å². The average molecular weight is 910 g/mol. The fraction of sp³-hybridized carbons (Fsp3) is 0.795. The first-order valence-corrected chi connectivity index (χ1v) is 22.8. The number of unbranched alkanes of at least 4 members (excludes halogenated alkanes) is 2. The Kier molecular flexibility index (Phi) is 27.3. The van der Waals surface area contributed by atoms with Crippen molar-refractivity contribution < 1.29 is 43.2 Å². The molecule has 0 fully saturated rings. The van der Waals surface area contributed by atoms with Crippen molar-refractivity contribution in [2.24, 2.45) is 52.7 Å². The van der Waals surface area contributed by atoms with E-state index >= 15 is 0 Å². The lowest BCUT2D eigenvalue weighted by Crippen LogP contribution is -2.63. The summed E-state index contributed by atoms with van der Waals surface area (Å²) in [6.45, 7) is 22.7. The van der Waals surface area contributed by atoms with Crippen molar-refractivity contribution >= 4 is 53.2 Å². The van der Waals surface area contributed by atoms with Crippen LogP contribution in [0.1, 0.15) is 129 Å². The molecule has 0 radical (unpaired) electrons. The number of nitrogens with one attached hydrogen (secondary N) is 8. The van der Waals surface area contributed by atoms with Gasteiger partial charge in [0.15, 0.2) is 0 Å². The van der Waals surface area contributed by atoms with E-state index in [-0.39, 0.29) is 18.8 Å². The Morgan fingerprint density at radius 1 is 0.344 bits per heavy atom. The zero-order valence-corrected chi connectivity index (χ0v) is 40.6. The minimum atomic E-state index is -1.17. The number of rotatable bonds is 30. The van der Waals surface area contributed by atoms with E-state index in [2.05, 4.69) is 42.5 Å². The largest absolute Gasteiger partial charge is 0.368 e. The summed E-state index contributed by atoms with van der Waals surface area (Å²) in [6, 6.07) is -8.63. The summed E-state index contributed by atoms with van der Waals surface area (Å²) in [5, 5.41) is 21.6. The molecule has 64 heavy (non-hydrogen) atoms. The van der Waals surface area contributed by atoms with Crippen LogP contribution in [0.2, 0.25) is 0 Å². The zero-order valence-electron chi connectivity index (χ0n) is 40.6. The summed E-state index contributed by atoms with van der Waals surface area (Å²) >= 11 is 0. The van der Waals surface area contributed by atoms with E-state index in [1.54, 1.807) is 83.1 Å². The molecule has 0 aromatic rings. The van der Waals surface area contributed by atoms with Crippen LogP contribution in [0.4, 0.5) is 0 Å². The molecule has 0 bridgehead atoms. The summed E-state index contributed by atoms with van der Waals surface area (Å²) < 4.78 is 0. The second-order valence-electron chi connectivity index (χ2n) is 18.7.